The number of esters is 1. The molecule has 2 heterocycles. The van der Waals surface area contributed by atoms with Crippen LogP contribution in [0.2, 0.25) is 0 Å². The highest BCUT2D eigenvalue weighted by Gasteiger charge is 2.66. The fourth-order valence-corrected chi connectivity index (χ4v) is 3.64. The number of hydrogen-bond donors (Lipinski definition) is 1. The normalized spacial score (nSPS) is 33.0. The van der Waals surface area contributed by atoms with Crippen LogP contribution in [0.5, 0.6) is 0 Å². The van der Waals surface area contributed by atoms with Crippen LogP contribution in [0.15, 0.2) is 24.3 Å². The average molecular weight is 320 g/mol. The van der Waals surface area contributed by atoms with Crippen molar-refractivity contribution in [3.63, 3.8) is 0 Å². The third kappa shape index (κ3) is 2.07. The molecule has 2 fully saturated rings. The summed E-state index contributed by atoms with van der Waals surface area (Å²) in [7, 11) is 2.64. The van der Waals surface area contributed by atoms with E-state index in [0.29, 0.717) is 5.56 Å². The Bertz CT molecular complexity index is 690. The monoisotopic (exact) mass is 320 g/mol. The number of halogens is 1. The standard InChI is InChI=1S/C16H17FN2O4/c1-16(15(22)23-3)11-10(13(20)19(2)14(11)21)12(18-16)8-4-6-9(17)7-5-8/h4-7,10-12,18H,1-3H3/t10-,11-,12+,16+/m0/s1. The number of carbonyl (C=O) groups is 3. The highest BCUT2D eigenvalue weighted by Crippen LogP contribution is 2.48. The molecule has 6 nitrogen and oxygen atoms in total. The SMILES string of the molecule is COC(=O)[C@]1(C)N[C@H](c2ccc(F)cc2)[C@H]2C(=O)N(C)C(=O)[C@H]21. The van der Waals surface area contributed by atoms with Gasteiger partial charge < -0.3 is 4.74 Å². The van der Waals surface area contributed by atoms with E-state index in [9.17, 15) is 18.8 Å². The van der Waals surface area contributed by atoms with E-state index in [-0.39, 0.29) is 5.91 Å². The second kappa shape index (κ2) is 5.13. The molecule has 0 bridgehead atoms. The van der Waals surface area contributed by atoms with E-state index < -0.39 is 41.1 Å². The van der Waals surface area contributed by atoms with Crippen LogP contribution in [-0.2, 0) is 19.1 Å². The van der Waals surface area contributed by atoms with E-state index in [1.165, 1.54) is 26.3 Å². The van der Waals surface area contributed by atoms with Gasteiger partial charge in [-0.2, -0.15) is 0 Å². The summed E-state index contributed by atoms with van der Waals surface area (Å²) in [4.78, 5) is 38.2. The van der Waals surface area contributed by atoms with Crippen LogP contribution in [0.25, 0.3) is 0 Å². The Labute approximate surface area is 132 Å². The molecule has 1 aromatic carbocycles. The molecule has 2 amide bonds. The first-order valence-electron chi connectivity index (χ1n) is 7.24. The van der Waals surface area contributed by atoms with Crippen molar-refractivity contribution in [2.45, 2.75) is 18.5 Å². The maximum Gasteiger partial charge on any atom is 0.326 e. The molecule has 0 saturated carbocycles. The minimum atomic E-state index is -1.31. The summed E-state index contributed by atoms with van der Waals surface area (Å²) in [5, 5.41) is 3.07. The number of ether oxygens (including phenoxy) is 1. The number of imide groups is 1. The van der Waals surface area contributed by atoms with Gasteiger partial charge in [0.15, 0.2) is 0 Å². The highest BCUT2D eigenvalue weighted by molar-refractivity contribution is 6.09. The number of rotatable bonds is 2. The maximum absolute atomic E-state index is 13.2. The molecule has 7 heteroatoms. The Kier molecular flexibility index (Phi) is 3.48. The summed E-state index contributed by atoms with van der Waals surface area (Å²) in [5.41, 5.74) is -0.666. The van der Waals surface area contributed by atoms with Gasteiger partial charge in [0.1, 0.15) is 11.4 Å². The number of fused-ring (bicyclic) bond motifs is 1. The Hall–Kier alpha value is -2.28. The van der Waals surface area contributed by atoms with Gasteiger partial charge in [-0.1, -0.05) is 12.1 Å². The number of nitrogens with one attached hydrogen (secondary N) is 1. The summed E-state index contributed by atoms with van der Waals surface area (Å²) >= 11 is 0. The van der Waals surface area contributed by atoms with Gasteiger partial charge in [-0.15, -0.1) is 0 Å². The minimum absolute atomic E-state index is 0.352. The van der Waals surface area contributed by atoms with Crippen LogP contribution < -0.4 is 5.32 Å². The number of benzene rings is 1. The van der Waals surface area contributed by atoms with Crippen LogP contribution in [-0.4, -0.2) is 42.4 Å². The molecular weight excluding hydrogens is 303 g/mol. The van der Waals surface area contributed by atoms with Crippen molar-refractivity contribution in [1.82, 2.24) is 10.2 Å². The third-order valence-corrected chi connectivity index (χ3v) is 4.85. The van der Waals surface area contributed by atoms with Crippen molar-refractivity contribution >= 4 is 17.8 Å². The van der Waals surface area contributed by atoms with Crippen LogP contribution in [0.1, 0.15) is 18.5 Å². The Balaban J connectivity index is 2.09. The molecule has 0 radical (unpaired) electrons. The molecule has 0 spiro atoms. The van der Waals surface area contributed by atoms with Gasteiger partial charge in [-0.25, -0.2) is 4.39 Å². The van der Waals surface area contributed by atoms with Crippen LogP contribution in [0, 0.1) is 17.7 Å². The smallest absolute Gasteiger partial charge is 0.326 e. The zero-order valence-electron chi connectivity index (χ0n) is 13.0. The van der Waals surface area contributed by atoms with Crippen molar-refractivity contribution < 1.29 is 23.5 Å². The van der Waals surface area contributed by atoms with Crippen molar-refractivity contribution in [3.05, 3.63) is 35.6 Å². The number of carbonyl (C=O) groups excluding carboxylic acids is 3. The second-order valence-corrected chi connectivity index (χ2v) is 6.11. The lowest BCUT2D eigenvalue weighted by Gasteiger charge is -2.27. The predicted molar refractivity (Wildman–Crippen MR) is 77.5 cm³/mol. The van der Waals surface area contributed by atoms with Crippen LogP contribution >= 0.6 is 0 Å². The zero-order valence-corrected chi connectivity index (χ0v) is 13.0. The fraction of sp³-hybridized carbons (Fsp3) is 0.438. The Morgan fingerprint density at radius 3 is 2.43 bits per heavy atom. The lowest BCUT2D eigenvalue weighted by Crippen LogP contribution is -2.53. The van der Waals surface area contributed by atoms with E-state index in [2.05, 4.69) is 5.32 Å². The Morgan fingerprint density at radius 2 is 1.87 bits per heavy atom. The number of nitrogens with zero attached hydrogens (tertiary/aromatic N) is 1. The first-order chi connectivity index (χ1) is 10.8. The van der Waals surface area contributed by atoms with Gasteiger partial charge in [-0.3, -0.25) is 24.6 Å². The van der Waals surface area contributed by atoms with Gasteiger partial charge >= 0.3 is 5.97 Å². The van der Waals surface area contributed by atoms with E-state index in [0.717, 1.165) is 4.90 Å². The number of likely N-dealkylation sites (tertiary alicyclic amines) is 1. The molecule has 0 aliphatic carbocycles. The first kappa shape index (κ1) is 15.6. The largest absolute Gasteiger partial charge is 0.468 e. The molecule has 2 aliphatic rings. The molecule has 0 aromatic heterocycles. The third-order valence-electron chi connectivity index (χ3n) is 4.85. The van der Waals surface area contributed by atoms with Crippen molar-refractivity contribution in [1.29, 1.82) is 0 Å². The maximum atomic E-state index is 13.2. The molecule has 1 N–H and O–H groups in total. The van der Waals surface area contributed by atoms with E-state index in [4.69, 9.17) is 4.74 Å². The number of hydrogen-bond acceptors (Lipinski definition) is 5. The zero-order chi connectivity index (χ0) is 16.9. The average Bonchev–Trinajstić information content (AvgIpc) is 2.97. The molecular formula is C16H17FN2O4. The molecule has 3 rings (SSSR count). The van der Waals surface area contributed by atoms with Gasteiger partial charge in [0.25, 0.3) is 0 Å². The molecule has 2 aliphatic heterocycles. The summed E-state index contributed by atoms with van der Waals surface area (Å²) in [6, 6.07) is 5.09. The molecule has 2 saturated heterocycles. The topological polar surface area (TPSA) is 75.7 Å². The summed E-state index contributed by atoms with van der Waals surface area (Å²) in [6.07, 6.45) is 0. The molecule has 1 aromatic rings. The molecule has 122 valence electrons. The lowest BCUT2D eigenvalue weighted by molar-refractivity contribution is -0.152. The van der Waals surface area contributed by atoms with Crippen molar-refractivity contribution in [2.75, 3.05) is 14.2 Å². The first-order valence-corrected chi connectivity index (χ1v) is 7.24. The quantitative estimate of drug-likeness (QED) is 0.639. The highest BCUT2D eigenvalue weighted by atomic mass is 19.1. The van der Waals surface area contributed by atoms with Gasteiger partial charge in [-0.05, 0) is 24.6 Å². The number of amides is 2. The van der Waals surface area contributed by atoms with Gasteiger partial charge in [0, 0.05) is 13.1 Å². The Morgan fingerprint density at radius 1 is 1.26 bits per heavy atom. The summed E-state index contributed by atoms with van der Waals surface area (Å²) < 4.78 is 18.0. The predicted octanol–water partition coefficient (Wildman–Crippen LogP) is 0.633. The minimum Gasteiger partial charge on any atom is -0.468 e. The van der Waals surface area contributed by atoms with Crippen molar-refractivity contribution in [3.8, 4) is 0 Å². The van der Waals surface area contributed by atoms with Gasteiger partial charge in [0.2, 0.25) is 11.8 Å². The van der Waals surface area contributed by atoms with Crippen molar-refractivity contribution in [2.24, 2.45) is 11.8 Å². The summed E-state index contributed by atoms with van der Waals surface area (Å²) in [6.45, 7) is 1.56. The number of methoxy groups -OCH3 is 1. The van der Waals surface area contributed by atoms with E-state index in [1.54, 1.807) is 19.1 Å². The molecule has 23 heavy (non-hydrogen) atoms. The van der Waals surface area contributed by atoms with Gasteiger partial charge in [0.05, 0.1) is 18.9 Å². The lowest BCUT2D eigenvalue weighted by atomic mass is 9.80. The summed E-state index contributed by atoms with van der Waals surface area (Å²) in [5.74, 6) is -3.33. The van der Waals surface area contributed by atoms with Crippen LogP contribution in [0.3, 0.4) is 0 Å². The van der Waals surface area contributed by atoms with Crippen LogP contribution in [0.4, 0.5) is 4.39 Å². The van der Waals surface area contributed by atoms with E-state index >= 15 is 0 Å². The molecule has 4 atom stereocenters. The van der Waals surface area contributed by atoms with E-state index in [1.807, 2.05) is 0 Å². The molecule has 0 unspecified atom stereocenters. The fourth-order valence-electron chi connectivity index (χ4n) is 3.64. The second-order valence-electron chi connectivity index (χ2n) is 6.11.